The van der Waals surface area contributed by atoms with E-state index < -0.39 is 0 Å². The number of rotatable bonds is 8. The third kappa shape index (κ3) is 5.29. The summed E-state index contributed by atoms with van der Waals surface area (Å²) in [5.41, 5.74) is 0. The summed E-state index contributed by atoms with van der Waals surface area (Å²) in [6, 6.07) is 3.73. The standard InChI is InChI=1S/C18H24N4O3/c23-18(21-6-2-11-24-14-16-3-1-12-25-16)15-4-9-22(10-5-15)17-13-19-7-8-20-17/h1,3,7-8,12-13,15H,2,4-6,9-11,14H2,(H,21,23). The first-order chi connectivity index (χ1) is 12.3. The van der Waals surface area contributed by atoms with Gasteiger partial charge in [0.05, 0.1) is 12.5 Å². The van der Waals surface area contributed by atoms with Crippen LogP contribution < -0.4 is 10.2 Å². The molecule has 134 valence electrons. The predicted molar refractivity (Wildman–Crippen MR) is 93.0 cm³/mol. The van der Waals surface area contributed by atoms with Crippen molar-refractivity contribution in [3.63, 3.8) is 0 Å². The predicted octanol–water partition coefficient (Wildman–Crippen LogP) is 2.01. The van der Waals surface area contributed by atoms with Crippen molar-refractivity contribution in [1.29, 1.82) is 0 Å². The highest BCUT2D eigenvalue weighted by Gasteiger charge is 2.25. The monoisotopic (exact) mass is 344 g/mol. The number of aromatic nitrogens is 2. The van der Waals surface area contributed by atoms with Gasteiger partial charge in [0, 0.05) is 44.6 Å². The van der Waals surface area contributed by atoms with Crippen LogP contribution in [-0.2, 0) is 16.1 Å². The Morgan fingerprint density at radius 3 is 2.96 bits per heavy atom. The summed E-state index contributed by atoms with van der Waals surface area (Å²) in [6.45, 7) is 3.39. The Bertz CT molecular complexity index is 625. The number of furan rings is 1. The lowest BCUT2D eigenvalue weighted by Gasteiger charge is -2.31. The Morgan fingerprint density at radius 1 is 1.36 bits per heavy atom. The van der Waals surface area contributed by atoms with Crippen LogP contribution in [0.25, 0.3) is 0 Å². The molecule has 0 atom stereocenters. The van der Waals surface area contributed by atoms with Crippen molar-refractivity contribution in [2.45, 2.75) is 25.9 Å². The second-order valence-electron chi connectivity index (χ2n) is 6.10. The number of nitrogens with zero attached hydrogens (tertiary/aromatic N) is 3. The van der Waals surface area contributed by atoms with E-state index in [1.54, 1.807) is 24.9 Å². The Balaban J connectivity index is 1.28. The van der Waals surface area contributed by atoms with Gasteiger partial charge in [-0.15, -0.1) is 0 Å². The van der Waals surface area contributed by atoms with Crippen molar-refractivity contribution >= 4 is 11.7 Å². The number of anilines is 1. The molecule has 1 N–H and O–H groups in total. The second kappa shape index (κ2) is 9.17. The van der Waals surface area contributed by atoms with Gasteiger partial charge in [-0.25, -0.2) is 4.98 Å². The normalized spacial score (nSPS) is 15.3. The van der Waals surface area contributed by atoms with Gasteiger partial charge in [-0.05, 0) is 31.4 Å². The van der Waals surface area contributed by atoms with Gasteiger partial charge >= 0.3 is 0 Å². The molecule has 3 heterocycles. The number of ether oxygens (including phenoxy) is 1. The van der Waals surface area contributed by atoms with Crippen LogP contribution in [0.5, 0.6) is 0 Å². The molecule has 0 unspecified atom stereocenters. The summed E-state index contributed by atoms with van der Waals surface area (Å²) in [5.74, 6) is 1.93. The highest BCUT2D eigenvalue weighted by atomic mass is 16.5. The molecule has 1 amide bonds. The number of nitrogens with one attached hydrogen (secondary N) is 1. The molecule has 1 aliphatic heterocycles. The maximum Gasteiger partial charge on any atom is 0.223 e. The SMILES string of the molecule is O=C(NCCCOCc1ccco1)C1CCN(c2cnccn2)CC1. The molecule has 0 aromatic carbocycles. The lowest BCUT2D eigenvalue weighted by atomic mass is 9.96. The number of piperidine rings is 1. The first kappa shape index (κ1) is 17.4. The Labute approximate surface area is 147 Å². The molecule has 7 nitrogen and oxygen atoms in total. The number of hydrogen-bond acceptors (Lipinski definition) is 6. The first-order valence-corrected chi connectivity index (χ1v) is 8.72. The molecule has 0 spiro atoms. The quantitative estimate of drug-likeness (QED) is 0.738. The maximum atomic E-state index is 12.2. The minimum absolute atomic E-state index is 0.0805. The number of carbonyl (C=O) groups excluding carboxylic acids is 1. The summed E-state index contributed by atoms with van der Waals surface area (Å²) in [5, 5.41) is 3.01. The Kier molecular flexibility index (Phi) is 6.39. The second-order valence-corrected chi connectivity index (χ2v) is 6.10. The maximum absolute atomic E-state index is 12.2. The molecule has 0 aliphatic carbocycles. The first-order valence-electron chi connectivity index (χ1n) is 8.72. The van der Waals surface area contributed by atoms with E-state index in [-0.39, 0.29) is 11.8 Å². The molecule has 25 heavy (non-hydrogen) atoms. The van der Waals surface area contributed by atoms with Crippen molar-refractivity contribution in [2.24, 2.45) is 5.92 Å². The van der Waals surface area contributed by atoms with Crippen molar-refractivity contribution in [3.05, 3.63) is 42.7 Å². The van der Waals surface area contributed by atoms with Crippen molar-refractivity contribution in [3.8, 4) is 0 Å². The van der Waals surface area contributed by atoms with Gasteiger partial charge < -0.3 is 19.4 Å². The van der Waals surface area contributed by atoms with E-state index in [1.165, 1.54) is 0 Å². The fraction of sp³-hybridized carbons (Fsp3) is 0.500. The third-order valence-corrected chi connectivity index (χ3v) is 4.33. The van der Waals surface area contributed by atoms with Crippen LogP contribution in [0, 0.1) is 5.92 Å². The van der Waals surface area contributed by atoms with Crippen LogP contribution in [0.4, 0.5) is 5.82 Å². The average Bonchev–Trinajstić information content (AvgIpc) is 3.19. The highest BCUT2D eigenvalue weighted by Crippen LogP contribution is 2.21. The zero-order valence-electron chi connectivity index (χ0n) is 14.3. The molecule has 3 rings (SSSR count). The molecule has 1 saturated heterocycles. The molecule has 1 aliphatic rings. The summed E-state index contributed by atoms with van der Waals surface area (Å²) in [7, 11) is 0. The minimum atomic E-state index is 0.0805. The summed E-state index contributed by atoms with van der Waals surface area (Å²) in [4.78, 5) is 22.8. The molecule has 2 aromatic heterocycles. The van der Waals surface area contributed by atoms with Crippen LogP contribution in [0.2, 0.25) is 0 Å². The van der Waals surface area contributed by atoms with E-state index >= 15 is 0 Å². The van der Waals surface area contributed by atoms with E-state index in [4.69, 9.17) is 9.15 Å². The van der Waals surface area contributed by atoms with E-state index in [2.05, 4.69) is 20.2 Å². The van der Waals surface area contributed by atoms with Gasteiger partial charge in [-0.3, -0.25) is 9.78 Å². The van der Waals surface area contributed by atoms with Crippen LogP contribution in [0.3, 0.4) is 0 Å². The van der Waals surface area contributed by atoms with Gasteiger partial charge in [-0.1, -0.05) is 0 Å². The summed E-state index contributed by atoms with van der Waals surface area (Å²) >= 11 is 0. The lowest BCUT2D eigenvalue weighted by Crippen LogP contribution is -2.41. The van der Waals surface area contributed by atoms with E-state index in [9.17, 15) is 4.79 Å². The number of carbonyl (C=O) groups is 1. The van der Waals surface area contributed by atoms with Gasteiger partial charge in [-0.2, -0.15) is 0 Å². The lowest BCUT2D eigenvalue weighted by molar-refractivity contribution is -0.125. The average molecular weight is 344 g/mol. The van der Waals surface area contributed by atoms with Crippen LogP contribution in [-0.4, -0.2) is 42.1 Å². The van der Waals surface area contributed by atoms with Gasteiger partial charge in [0.15, 0.2) is 0 Å². The largest absolute Gasteiger partial charge is 0.467 e. The van der Waals surface area contributed by atoms with Crippen LogP contribution >= 0.6 is 0 Å². The van der Waals surface area contributed by atoms with Gasteiger partial charge in [0.1, 0.15) is 18.2 Å². The number of hydrogen-bond donors (Lipinski definition) is 1. The van der Waals surface area contributed by atoms with Crippen molar-refractivity contribution in [1.82, 2.24) is 15.3 Å². The van der Waals surface area contributed by atoms with E-state index in [0.717, 1.165) is 43.9 Å². The van der Waals surface area contributed by atoms with Gasteiger partial charge in [0.2, 0.25) is 5.91 Å². The van der Waals surface area contributed by atoms with Gasteiger partial charge in [0.25, 0.3) is 0 Å². The fourth-order valence-corrected chi connectivity index (χ4v) is 2.92. The molecular formula is C18H24N4O3. The summed E-state index contributed by atoms with van der Waals surface area (Å²) in [6.07, 6.45) is 9.25. The third-order valence-electron chi connectivity index (χ3n) is 4.33. The zero-order valence-corrected chi connectivity index (χ0v) is 14.3. The van der Waals surface area contributed by atoms with Crippen molar-refractivity contribution in [2.75, 3.05) is 31.1 Å². The van der Waals surface area contributed by atoms with Crippen LogP contribution in [0.1, 0.15) is 25.0 Å². The Morgan fingerprint density at radius 2 is 2.24 bits per heavy atom. The summed E-state index contributed by atoms with van der Waals surface area (Å²) < 4.78 is 10.7. The fourth-order valence-electron chi connectivity index (χ4n) is 2.92. The van der Waals surface area contributed by atoms with Crippen LogP contribution in [0.15, 0.2) is 41.4 Å². The Hall–Kier alpha value is -2.41. The molecule has 7 heteroatoms. The zero-order chi connectivity index (χ0) is 17.3. The highest BCUT2D eigenvalue weighted by molar-refractivity contribution is 5.78. The van der Waals surface area contributed by atoms with E-state index in [0.29, 0.717) is 19.8 Å². The molecular weight excluding hydrogens is 320 g/mol. The molecule has 2 aromatic rings. The minimum Gasteiger partial charge on any atom is -0.467 e. The smallest absolute Gasteiger partial charge is 0.223 e. The molecule has 0 radical (unpaired) electrons. The molecule has 0 saturated carbocycles. The topological polar surface area (TPSA) is 80.5 Å². The molecule has 1 fully saturated rings. The van der Waals surface area contributed by atoms with E-state index in [1.807, 2.05) is 12.1 Å². The van der Waals surface area contributed by atoms with Crippen molar-refractivity contribution < 1.29 is 13.9 Å². The number of amides is 1. The molecule has 0 bridgehead atoms.